The predicted molar refractivity (Wildman–Crippen MR) is 159 cm³/mol. The zero-order valence-electron chi connectivity index (χ0n) is 22.3. The smallest absolute Gasteiger partial charge is 0.272 e. The molecular weight excluding hydrogens is 532 g/mol. The molecule has 4 aromatic rings. The topological polar surface area (TPSA) is 46.9 Å². The Morgan fingerprint density at radius 3 is 2.38 bits per heavy atom. The Kier molecular flexibility index (Phi) is 9.60. The number of carbonyl (C=O) groups excluding carboxylic acids is 1. The first kappa shape index (κ1) is 28.6. The van der Waals surface area contributed by atoms with Gasteiger partial charge in [-0.3, -0.25) is 4.79 Å². The zero-order chi connectivity index (χ0) is 27.9. The standard InChI is InChI=1S/C30H26Cl2FN3O.C2H6/c1-19(21-7-3-2-4-8-21)34-30(37)28-25-10-6-5-9-22(17-20-11-14-24(33)15-12-20)29(25)36(35-28)27-16-13-23(31)18-26(27)32;1-2/h2-4,7-8,11-19H,5-6,9-10H2,1H3,(H,34,37);1-2H3/b22-17+;/t19-;/m1./s1. The van der Waals surface area contributed by atoms with E-state index in [9.17, 15) is 9.18 Å². The Morgan fingerprint density at radius 2 is 1.69 bits per heavy atom. The molecule has 0 bridgehead atoms. The van der Waals surface area contributed by atoms with Gasteiger partial charge in [-0.2, -0.15) is 5.10 Å². The molecule has 1 heterocycles. The number of fused-ring (bicyclic) bond motifs is 1. The second kappa shape index (κ2) is 13.1. The molecule has 1 amide bonds. The molecule has 0 unspecified atom stereocenters. The lowest BCUT2D eigenvalue weighted by atomic mass is 10.0. The number of nitrogens with one attached hydrogen (secondary N) is 1. The van der Waals surface area contributed by atoms with Crippen LogP contribution in [0.5, 0.6) is 0 Å². The highest BCUT2D eigenvalue weighted by molar-refractivity contribution is 6.35. The molecule has 39 heavy (non-hydrogen) atoms. The summed E-state index contributed by atoms with van der Waals surface area (Å²) >= 11 is 12.8. The summed E-state index contributed by atoms with van der Waals surface area (Å²) in [6.45, 7) is 5.96. The van der Waals surface area contributed by atoms with Crippen LogP contribution in [0.1, 0.15) is 78.9 Å². The van der Waals surface area contributed by atoms with Crippen molar-refractivity contribution < 1.29 is 9.18 Å². The van der Waals surface area contributed by atoms with Crippen molar-refractivity contribution in [2.45, 2.75) is 52.5 Å². The van der Waals surface area contributed by atoms with Crippen molar-refractivity contribution in [2.75, 3.05) is 0 Å². The molecule has 0 saturated heterocycles. The molecule has 1 aliphatic rings. The van der Waals surface area contributed by atoms with Crippen molar-refractivity contribution in [3.05, 3.63) is 117 Å². The molecule has 1 aliphatic carbocycles. The third-order valence-corrected chi connectivity index (χ3v) is 7.16. The van der Waals surface area contributed by atoms with Crippen molar-refractivity contribution in [1.82, 2.24) is 15.1 Å². The molecule has 1 N–H and O–H groups in total. The van der Waals surface area contributed by atoms with E-state index in [1.807, 2.05) is 63.2 Å². The van der Waals surface area contributed by atoms with Crippen LogP contribution in [0.15, 0.2) is 72.8 Å². The van der Waals surface area contributed by atoms with E-state index in [2.05, 4.69) is 5.32 Å². The highest BCUT2D eigenvalue weighted by Crippen LogP contribution is 2.37. The lowest BCUT2D eigenvalue weighted by molar-refractivity contribution is 0.0933. The highest BCUT2D eigenvalue weighted by Gasteiger charge is 2.28. The summed E-state index contributed by atoms with van der Waals surface area (Å²) in [4.78, 5) is 13.6. The fourth-order valence-electron chi connectivity index (χ4n) is 4.75. The number of amides is 1. The summed E-state index contributed by atoms with van der Waals surface area (Å²) in [5.74, 6) is -0.521. The summed E-state index contributed by atoms with van der Waals surface area (Å²) in [5, 5.41) is 8.89. The Labute approximate surface area is 239 Å². The van der Waals surface area contributed by atoms with Crippen molar-refractivity contribution in [1.29, 1.82) is 0 Å². The Bertz CT molecular complexity index is 1460. The van der Waals surface area contributed by atoms with Gasteiger partial charge < -0.3 is 5.32 Å². The molecule has 4 nitrogen and oxygen atoms in total. The molecule has 0 fully saturated rings. The Morgan fingerprint density at radius 1 is 1.00 bits per heavy atom. The molecule has 0 spiro atoms. The van der Waals surface area contributed by atoms with Crippen LogP contribution in [0, 0.1) is 5.82 Å². The number of allylic oxidation sites excluding steroid dienone is 1. The van der Waals surface area contributed by atoms with E-state index in [1.54, 1.807) is 28.9 Å². The van der Waals surface area contributed by atoms with Gasteiger partial charge in [-0.15, -0.1) is 0 Å². The van der Waals surface area contributed by atoms with E-state index in [4.69, 9.17) is 28.3 Å². The zero-order valence-corrected chi connectivity index (χ0v) is 23.9. The van der Waals surface area contributed by atoms with Gasteiger partial charge >= 0.3 is 0 Å². The van der Waals surface area contributed by atoms with E-state index in [0.717, 1.165) is 47.2 Å². The number of halogens is 3. The first-order chi connectivity index (χ1) is 18.9. The quantitative estimate of drug-likeness (QED) is 0.246. The second-order valence-corrected chi connectivity index (χ2v) is 10.1. The number of nitrogens with zero attached hydrogens (tertiary/aromatic N) is 2. The number of rotatable bonds is 5. The maximum Gasteiger partial charge on any atom is 0.272 e. The molecule has 202 valence electrons. The van der Waals surface area contributed by atoms with Crippen LogP contribution in [0.3, 0.4) is 0 Å². The summed E-state index contributed by atoms with van der Waals surface area (Å²) < 4.78 is 15.3. The van der Waals surface area contributed by atoms with Gasteiger partial charge in [0.15, 0.2) is 5.69 Å². The molecular formula is C32H32Cl2FN3O. The van der Waals surface area contributed by atoms with Gasteiger partial charge in [0.2, 0.25) is 0 Å². The van der Waals surface area contributed by atoms with Gasteiger partial charge in [-0.1, -0.05) is 79.5 Å². The molecule has 0 saturated carbocycles. The van der Waals surface area contributed by atoms with E-state index in [1.165, 1.54) is 12.1 Å². The molecule has 3 aromatic carbocycles. The minimum absolute atomic E-state index is 0.186. The maximum absolute atomic E-state index is 13.6. The highest BCUT2D eigenvalue weighted by atomic mass is 35.5. The maximum atomic E-state index is 13.6. The average molecular weight is 565 g/mol. The Hall–Kier alpha value is -3.41. The number of aromatic nitrogens is 2. The van der Waals surface area contributed by atoms with Gasteiger partial charge in [0.05, 0.1) is 22.4 Å². The van der Waals surface area contributed by atoms with Crippen molar-refractivity contribution in [3.63, 3.8) is 0 Å². The Balaban J connectivity index is 0.00000172. The van der Waals surface area contributed by atoms with Crippen LogP contribution in [-0.2, 0) is 6.42 Å². The third kappa shape index (κ3) is 6.60. The van der Waals surface area contributed by atoms with Crippen LogP contribution in [0.4, 0.5) is 4.39 Å². The van der Waals surface area contributed by atoms with Crippen LogP contribution < -0.4 is 5.32 Å². The largest absolute Gasteiger partial charge is 0.344 e. The van der Waals surface area contributed by atoms with Crippen LogP contribution in [-0.4, -0.2) is 15.7 Å². The first-order valence-electron chi connectivity index (χ1n) is 13.3. The van der Waals surface area contributed by atoms with Gasteiger partial charge in [0, 0.05) is 10.6 Å². The van der Waals surface area contributed by atoms with Gasteiger partial charge in [-0.05, 0) is 85.7 Å². The van der Waals surface area contributed by atoms with E-state index in [0.29, 0.717) is 27.8 Å². The third-order valence-electron chi connectivity index (χ3n) is 6.62. The van der Waals surface area contributed by atoms with Crippen molar-refractivity contribution in [2.24, 2.45) is 0 Å². The number of benzene rings is 3. The van der Waals surface area contributed by atoms with Crippen LogP contribution in [0.25, 0.3) is 17.3 Å². The lowest BCUT2D eigenvalue weighted by Gasteiger charge is -2.14. The van der Waals surface area contributed by atoms with E-state index in [-0.39, 0.29) is 17.8 Å². The fourth-order valence-corrected chi connectivity index (χ4v) is 5.24. The SMILES string of the molecule is CC.C[C@@H](NC(=O)c1nn(-c2ccc(Cl)cc2Cl)c2c1CCCC/C2=C\c1ccc(F)cc1)c1ccccc1. The number of hydrogen-bond acceptors (Lipinski definition) is 2. The molecule has 1 aromatic heterocycles. The van der Waals surface area contributed by atoms with Gasteiger partial charge in [-0.25, -0.2) is 9.07 Å². The fraction of sp³-hybridized carbons (Fsp3) is 0.250. The van der Waals surface area contributed by atoms with E-state index >= 15 is 0 Å². The summed E-state index contributed by atoms with van der Waals surface area (Å²) in [6.07, 6.45) is 5.42. The van der Waals surface area contributed by atoms with Crippen LogP contribution >= 0.6 is 23.2 Å². The minimum Gasteiger partial charge on any atom is -0.344 e. The first-order valence-corrected chi connectivity index (χ1v) is 14.1. The molecule has 1 atom stereocenters. The second-order valence-electron chi connectivity index (χ2n) is 9.22. The van der Waals surface area contributed by atoms with Crippen molar-refractivity contribution >= 4 is 40.8 Å². The molecule has 0 aliphatic heterocycles. The number of hydrogen-bond donors (Lipinski definition) is 1. The van der Waals surface area contributed by atoms with Gasteiger partial charge in [0.25, 0.3) is 5.91 Å². The molecule has 0 radical (unpaired) electrons. The molecule has 7 heteroatoms. The summed E-state index contributed by atoms with van der Waals surface area (Å²) in [6, 6.07) is 21.3. The predicted octanol–water partition coefficient (Wildman–Crippen LogP) is 9.10. The summed E-state index contributed by atoms with van der Waals surface area (Å²) in [5.41, 5.74) is 5.67. The summed E-state index contributed by atoms with van der Waals surface area (Å²) in [7, 11) is 0. The number of carbonyl (C=O) groups is 1. The normalized spacial score (nSPS) is 14.6. The van der Waals surface area contributed by atoms with Gasteiger partial charge in [0.1, 0.15) is 5.82 Å². The van der Waals surface area contributed by atoms with Crippen molar-refractivity contribution in [3.8, 4) is 5.69 Å². The minimum atomic E-state index is -0.284. The average Bonchev–Trinajstić information content (AvgIpc) is 3.20. The monoisotopic (exact) mass is 563 g/mol. The van der Waals surface area contributed by atoms with E-state index < -0.39 is 0 Å². The molecule has 5 rings (SSSR count). The van der Waals surface area contributed by atoms with Crippen LogP contribution in [0.2, 0.25) is 10.0 Å². The lowest BCUT2D eigenvalue weighted by Crippen LogP contribution is -2.28.